The SMILES string of the molecule is N/N=C\c1ccc(CCOc2cccc(NS(=O)(=O)c3ccc(Cl)s3)c2)cc1. The lowest BCUT2D eigenvalue weighted by Crippen LogP contribution is -2.11. The minimum atomic E-state index is -3.67. The Morgan fingerprint density at radius 2 is 1.93 bits per heavy atom. The van der Waals surface area contributed by atoms with Gasteiger partial charge in [0.15, 0.2) is 0 Å². The predicted octanol–water partition coefficient (Wildman–Crippen LogP) is 4.12. The van der Waals surface area contributed by atoms with E-state index in [2.05, 4.69) is 9.82 Å². The highest BCUT2D eigenvalue weighted by Crippen LogP contribution is 2.28. The molecular weight excluding hydrogens is 418 g/mol. The van der Waals surface area contributed by atoms with Gasteiger partial charge in [-0.1, -0.05) is 41.9 Å². The summed E-state index contributed by atoms with van der Waals surface area (Å²) in [5.41, 5.74) is 2.47. The largest absolute Gasteiger partial charge is 0.493 e. The van der Waals surface area contributed by atoms with Crippen LogP contribution in [0.15, 0.2) is 70.0 Å². The first-order valence-electron chi connectivity index (χ1n) is 8.29. The van der Waals surface area contributed by atoms with Gasteiger partial charge in [0.1, 0.15) is 9.96 Å². The normalized spacial score (nSPS) is 11.6. The second-order valence-corrected chi connectivity index (χ2v) is 9.43. The van der Waals surface area contributed by atoms with Crippen molar-refractivity contribution < 1.29 is 13.2 Å². The maximum Gasteiger partial charge on any atom is 0.271 e. The number of thiophene rings is 1. The summed E-state index contributed by atoms with van der Waals surface area (Å²) in [5.74, 6) is 5.71. The summed E-state index contributed by atoms with van der Waals surface area (Å²) in [6.07, 6.45) is 2.29. The van der Waals surface area contributed by atoms with Crippen LogP contribution in [0.4, 0.5) is 5.69 Å². The molecule has 0 bridgehead atoms. The summed E-state index contributed by atoms with van der Waals surface area (Å²) in [6.45, 7) is 0.459. The van der Waals surface area contributed by atoms with Crippen LogP contribution in [0.25, 0.3) is 0 Å². The van der Waals surface area contributed by atoms with Crippen LogP contribution in [0.2, 0.25) is 4.34 Å². The van der Waals surface area contributed by atoms with Crippen LogP contribution in [-0.2, 0) is 16.4 Å². The number of benzene rings is 2. The van der Waals surface area contributed by atoms with E-state index < -0.39 is 10.0 Å². The van der Waals surface area contributed by atoms with Crippen molar-refractivity contribution in [3.63, 3.8) is 0 Å². The molecule has 3 aromatic rings. The summed E-state index contributed by atoms with van der Waals surface area (Å²) in [5, 5.41) is 3.49. The molecule has 6 nitrogen and oxygen atoms in total. The molecule has 0 unspecified atom stereocenters. The Kier molecular flexibility index (Phi) is 6.56. The fourth-order valence-corrected chi connectivity index (χ4v) is 4.97. The lowest BCUT2D eigenvalue weighted by molar-refractivity contribution is 0.322. The molecule has 0 atom stereocenters. The molecule has 1 aromatic heterocycles. The Bertz CT molecular complexity index is 1060. The van der Waals surface area contributed by atoms with Crippen molar-refractivity contribution in [1.29, 1.82) is 0 Å². The van der Waals surface area contributed by atoms with Crippen molar-refractivity contribution in [2.24, 2.45) is 10.9 Å². The van der Waals surface area contributed by atoms with Crippen LogP contribution in [-0.4, -0.2) is 21.2 Å². The third-order valence-electron chi connectivity index (χ3n) is 3.76. The van der Waals surface area contributed by atoms with Crippen LogP contribution < -0.4 is 15.3 Å². The van der Waals surface area contributed by atoms with Gasteiger partial charge in [-0.15, -0.1) is 11.3 Å². The molecule has 0 aliphatic heterocycles. The highest BCUT2D eigenvalue weighted by atomic mass is 35.5. The molecule has 146 valence electrons. The standard InChI is InChI=1S/C19H18ClN3O3S2/c20-18-8-9-19(27-18)28(24,25)23-16-2-1-3-17(12-16)26-11-10-14-4-6-15(7-5-14)13-22-21/h1-9,12-13,23H,10-11,21H2/b22-13-. The second-order valence-electron chi connectivity index (χ2n) is 5.81. The fraction of sp³-hybridized carbons (Fsp3) is 0.105. The molecular formula is C19H18ClN3O3S2. The minimum Gasteiger partial charge on any atom is -0.493 e. The summed E-state index contributed by atoms with van der Waals surface area (Å²) in [7, 11) is -3.67. The van der Waals surface area contributed by atoms with Crippen molar-refractivity contribution in [2.45, 2.75) is 10.6 Å². The zero-order chi connectivity index (χ0) is 20.0. The summed E-state index contributed by atoms with van der Waals surface area (Å²) in [4.78, 5) is 0. The summed E-state index contributed by atoms with van der Waals surface area (Å²) in [6, 6.07) is 17.7. The lowest BCUT2D eigenvalue weighted by atomic mass is 10.1. The third-order valence-corrected chi connectivity index (χ3v) is 6.87. The molecule has 0 aliphatic carbocycles. The van der Waals surface area contributed by atoms with Crippen LogP contribution in [0.5, 0.6) is 5.75 Å². The van der Waals surface area contributed by atoms with Gasteiger partial charge in [0.25, 0.3) is 10.0 Å². The van der Waals surface area contributed by atoms with Gasteiger partial charge in [-0.3, -0.25) is 4.72 Å². The van der Waals surface area contributed by atoms with Crippen LogP contribution in [0.3, 0.4) is 0 Å². The van der Waals surface area contributed by atoms with E-state index in [1.807, 2.05) is 24.3 Å². The molecule has 0 saturated heterocycles. The van der Waals surface area contributed by atoms with Gasteiger partial charge in [0.05, 0.1) is 22.8 Å². The molecule has 0 saturated carbocycles. The number of hydrazone groups is 1. The Morgan fingerprint density at radius 3 is 2.61 bits per heavy atom. The van der Waals surface area contributed by atoms with E-state index in [0.29, 0.717) is 28.8 Å². The van der Waals surface area contributed by atoms with Gasteiger partial charge in [-0.05, 0) is 35.4 Å². The average molecular weight is 436 g/mol. The van der Waals surface area contributed by atoms with Gasteiger partial charge >= 0.3 is 0 Å². The molecule has 0 spiro atoms. The fourth-order valence-electron chi connectivity index (χ4n) is 2.44. The number of sulfonamides is 1. The van der Waals surface area contributed by atoms with Crippen molar-refractivity contribution >= 4 is 44.9 Å². The Morgan fingerprint density at radius 1 is 1.14 bits per heavy atom. The van der Waals surface area contributed by atoms with Crippen LogP contribution in [0.1, 0.15) is 11.1 Å². The molecule has 0 amide bonds. The average Bonchev–Trinajstić information content (AvgIpc) is 3.11. The van der Waals surface area contributed by atoms with Gasteiger partial charge in [0, 0.05) is 12.5 Å². The zero-order valence-corrected chi connectivity index (χ0v) is 17.1. The first-order valence-corrected chi connectivity index (χ1v) is 11.0. The molecule has 0 radical (unpaired) electrons. The summed E-state index contributed by atoms with van der Waals surface area (Å²) >= 11 is 6.82. The maximum atomic E-state index is 12.4. The van der Waals surface area contributed by atoms with E-state index >= 15 is 0 Å². The summed E-state index contributed by atoms with van der Waals surface area (Å²) < 4.78 is 33.6. The van der Waals surface area contributed by atoms with Crippen molar-refractivity contribution in [2.75, 3.05) is 11.3 Å². The number of halogens is 1. The van der Waals surface area contributed by atoms with Crippen molar-refractivity contribution in [3.8, 4) is 5.75 Å². The number of hydrogen-bond donors (Lipinski definition) is 2. The first-order chi connectivity index (χ1) is 13.5. The van der Waals surface area contributed by atoms with E-state index in [1.165, 1.54) is 6.07 Å². The smallest absolute Gasteiger partial charge is 0.271 e. The number of hydrogen-bond acceptors (Lipinski definition) is 6. The molecule has 9 heteroatoms. The third kappa shape index (κ3) is 5.48. The first kappa shape index (κ1) is 20.2. The monoisotopic (exact) mass is 435 g/mol. The molecule has 3 rings (SSSR count). The molecule has 2 aromatic carbocycles. The van der Waals surface area contributed by atoms with Gasteiger partial charge in [-0.2, -0.15) is 5.10 Å². The van der Waals surface area contributed by atoms with E-state index in [-0.39, 0.29) is 4.21 Å². The molecule has 28 heavy (non-hydrogen) atoms. The van der Waals surface area contributed by atoms with Gasteiger partial charge in [0.2, 0.25) is 0 Å². The zero-order valence-electron chi connectivity index (χ0n) is 14.7. The van der Waals surface area contributed by atoms with E-state index in [0.717, 1.165) is 22.5 Å². The van der Waals surface area contributed by atoms with E-state index in [4.69, 9.17) is 22.2 Å². The molecule has 0 fully saturated rings. The van der Waals surface area contributed by atoms with Crippen LogP contribution >= 0.6 is 22.9 Å². The van der Waals surface area contributed by atoms with Gasteiger partial charge in [-0.25, -0.2) is 8.42 Å². The highest BCUT2D eigenvalue weighted by molar-refractivity contribution is 7.94. The minimum absolute atomic E-state index is 0.159. The number of nitrogens with zero attached hydrogens (tertiary/aromatic N) is 1. The lowest BCUT2D eigenvalue weighted by Gasteiger charge is -2.10. The Labute approximate surface area is 172 Å². The maximum absolute atomic E-state index is 12.4. The van der Waals surface area contributed by atoms with E-state index in [9.17, 15) is 8.42 Å². The molecule has 0 aliphatic rings. The van der Waals surface area contributed by atoms with Crippen LogP contribution in [0, 0.1) is 0 Å². The number of anilines is 1. The number of nitrogens with one attached hydrogen (secondary N) is 1. The topological polar surface area (TPSA) is 93.8 Å². The van der Waals surface area contributed by atoms with Crippen molar-refractivity contribution in [1.82, 2.24) is 0 Å². The quantitative estimate of drug-likeness (QED) is 0.316. The highest BCUT2D eigenvalue weighted by Gasteiger charge is 2.16. The Hall–Kier alpha value is -2.55. The van der Waals surface area contributed by atoms with E-state index in [1.54, 1.807) is 36.5 Å². The number of ether oxygens (including phenoxy) is 1. The number of nitrogens with two attached hydrogens (primary N) is 1. The number of rotatable bonds is 8. The van der Waals surface area contributed by atoms with Gasteiger partial charge < -0.3 is 10.6 Å². The Balaban J connectivity index is 1.59. The molecule has 3 N–H and O–H groups in total. The second kappa shape index (κ2) is 9.09. The predicted molar refractivity (Wildman–Crippen MR) is 114 cm³/mol. The van der Waals surface area contributed by atoms with Crippen molar-refractivity contribution in [3.05, 3.63) is 76.1 Å². The molecule has 1 heterocycles.